The number of rotatable bonds is 19. The molecule has 0 unspecified atom stereocenters. The zero-order valence-electron chi connectivity index (χ0n) is 79.1. The minimum absolute atomic E-state index is 0.0557. The minimum atomic E-state index is -4.69. The van der Waals surface area contributed by atoms with Crippen molar-refractivity contribution in [1.82, 2.24) is 0 Å². The first-order valence-electron chi connectivity index (χ1n) is 45.2. The smallest absolute Gasteiger partial charge is 0.416 e. The van der Waals surface area contributed by atoms with E-state index in [0.29, 0.717) is 68.8 Å². The van der Waals surface area contributed by atoms with E-state index < -0.39 is 150 Å². The van der Waals surface area contributed by atoms with E-state index in [1.165, 1.54) is 26.0 Å². The van der Waals surface area contributed by atoms with Crippen molar-refractivity contribution in [3.05, 3.63) is 350 Å². The maximum Gasteiger partial charge on any atom is 0.416 e. The monoisotopic (exact) mass is 2130 g/mol. The van der Waals surface area contributed by atoms with Gasteiger partial charge in [0, 0.05) is 144 Å². The molecular formula is C116H86Br2F6O24. The predicted octanol–water partition coefficient (Wildman–Crippen LogP) is 25.9. The number of aromatic hydroxyl groups is 18. The lowest BCUT2D eigenvalue weighted by Crippen LogP contribution is -2.07. The number of halogens is 8. The van der Waals surface area contributed by atoms with Crippen molar-refractivity contribution >= 4 is 131 Å². The molecule has 24 nitrogen and oxygen atoms in total. The lowest BCUT2D eigenvalue weighted by atomic mass is 9.86. The molecule has 0 aliphatic rings. The zero-order chi connectivity index (χ0) is 107. The lowest BCUT2D eigenvalue weighted by molar-refractivity contribution is -0.138. The Kier molecular flexibility index (Phi) is 27.6. The maximum atomic E-state index is 13.5. The van der Waals surface area contributed by atoms with E-state index in [1.807, 2.05) is 50.2 Å². The number of ketones is 6. The molecule has 0 radical (unpaired) electrons. The van der Waals surface area contributed by atoms with Crippen molar-refractivity contribution in [3.8, 4) is 137 Å². The van der Waals surface area contributed by atoms with Crippen molar-refractivity contribution in [2.45, 2.75) is 93.4 Å². The number of carbonyl (C=O) groups excluding carboxylic acids is 6. The highest BCUT2D eigenvalue weighted by atomic mass is 79.9. The average molecular weight is 2140 g/mol. The summed E-state index contributed by atoms with van der Waals surface area (Å²) in [5.41, 5.74) is 3.16. The summed E-state index contributed by atoms with van der Waals surface area (Å²) in [5.74, 6) is -15.0. The van der Waals surface area contributed by atoms with Crippen LogP contribution in [0.2, 0.25) is 0 Å². The Balaban J connectivity index is 0.000000159. The van der Waals surface area contributed by atoms with Gasteiger partial charge in [-0.1, -0.05) is 140 Å². The highest BCUT2D eigenvalue weighted by Gasteiger charge is 2.37. The third-order valence-corrected chi connectivity index (χ3v) is 27.1. The summed E-state index contributed by atoms with van der Waals surface area (Å²) in [4.78, 5) is 81.2. The number of hydrogen-bond donors (Lipinski definition) is 18. The molecule has 750 valence electrons. The van der Waals surface area contributed by atoms with Gasteiger partial charge in [0.05, 0.1) is 44.5 Å². The van der Waals surface area contributed by atoms with Crippen LogP contribution in [0.5, 0.6) is 103 Å². The Bertz CT molecular complexity index is 8240. The molecule has 32 heteroatoms. The first-order chi connectivity index (χ1) is 69.7. The highest BCUT2D eigenvalue weighted by molar-refractivity contribution is 9.10. The topological polar surface area (TPSA) is 467 Å². The number of alkyl halides is 6. The highest BCUT2D eigenvalue weighted by Crippen LogP contribution is 2.57. The fraction of sp³-hybridized carbons (Fsp3) is 0.121. The van der Waals surface area contributed by atoms with Gasteiger partial charge in [-0.15, -0.1) is 0 Å². The quantitative estimate of drug-likeness (QED) is 0.0203. The summed E-state index contributed by atoms with van der Waals surface area (Å²) in [6.07, 6.45) is -9.65. The number of Topliss-reactive ketones (excluding diaryl/α,β-unsaturated/α-hetero) is 4. The lowest BCUT2D eigenvalue weighted by Gasteiger charge is -2.20. The summed E-state index contributed by atoms with van der Waals surface area (Å²) in [6.45, 7) is 13.4. The van der Waals surface area contributed by atoms with Crippen LogP contribution in [0.25, 0.3) is 98.0 Å². The van der Waals surface area contributed by atoms with E-state index in [1.54, 1.807) is 113 Å². The van der Waals surface area contributed by atoms with Gasteiger partial charge in [-0.05, 0) is 232 Å². The number of fused-ring (bicyclic) bond motifs is 6. The van der Waals surface area contributed by atoms with Crippen LogP contribution in [0, 0.1) is 55.4 Å². The summed E-state index contributed by atoms with van der Waals surface area (Å²) < 4.78 is 80.2. The summed E-state index contributed by atoms with van der Waals surface area (Å²) in [6, 6.07) is 50.7. The molecule has 0 bridgehead atoms. The van der Waals surface area contributed by atoms with Gasteiger partial charge in [0.15, 0.2) is 104 Å². The number of benzene rings is 18. The molecule has 0 saturated heterocycles. The normalized spacial score (nSPS) is 11.6. The van der Waals surface area contributed by atoms with Crippen LogP contribution in [-0.2, 0) is 38.0 Å². The summed E-state index contributed by atoms with van der Waals surface area (Å²) >= 11 is 6.77. The first kappa shape index (κ1) is 103. The van der Waals surface area contributed by atoms with Crippen LogP contribution >= 0.6 is 31.9 Å². The second-order valence-corrected chi connectivity index (χ2v) is 38.1. The van der Waals surface area contributed by atoms with Crippen LogP contribution in [0.4, 0.5) is 26.3 Å². The maximum absolute atomic E-state index is 13.5. The molecule has 0 aliphatic heterocycles. The molecule has 148 heavy (non-hydrogen) atoms. The van der Waals surface area contributed by atoms with Gasteiger partial charge in [0.2, 0.25) is 0 Å². The van der Waals surface area contributed by atoms with Crippen molar-refractivity contribution < 1.29 is 147 Å². The fourth-order valence-electron chi connectivity index (χ4n) is 19.0. The van der Waals surface area contributed by atoms with Gasteiger partial charge >= 0.3 is 12.4 Å². The minimum Gasteiger partial charge on any atom is -0.507 e. The van der Waals surface area contributed by atoms with Gasteiger partial charge in [0.1, 0.15) is 34.5 Å². The second kappa shape index (κ2) is 39.5. The molecule has 0 saturated carbocycles. The number of phenolic OH excluding ortho intramolecular Hbond substituents is 18. The molecule has 0 fully saturated rings. The van der Waals surface area contributed by atoms with Crippen LogP contribution in [-0.4, -0.2) is 127 Å². The Morgan fingerprint density at radius 3 is 0.622 bits per heavy atom. The standard InChI is InChI=1S/C40H34O8.C38H28Br2O8.C38H24F6O8/c1-19-5-9-23(10-6-19)15-29(41)35-25-13-21(3)33(37(45)27(25)17-31(43)39(35)47)34-22(4)14-26-28(38(34)46)18-32(44)40(48)36(26)30(42)16-24-11-7-20(2)8-12-24;1-17-9-23-25(15-29(43)37(47)33(23)27(41)13-19-5-3-7-21(39)11-19)35(45)31(17)32-18(2)10-24-26(36(32)46)16-30(44)38(48)34(24)28(42)14-20-6-4-8-22(40)12-20;1-15-11-21-23(13-25(45)35(51)29(21)31(47)17-3-7-19(8-4-17)37(39,40)41)33(49)27(15)28-16(2)12-22-24(34(28)50)14-26(46)36(52)30(22)32(48)18-5-9-20(10-6-18)38(42,43)44/h5-14,17-18,43-48H,15-16H2,1-4H3;3-12,15-16,43-48H,13-14H2,1-2H3;3-14,45-46,49-52H,1-2H3. The molecule has 0 spiro atoms. The summed E-state index contributed by atoms with van der Waals surface area (Å²) in [5, 5.41) is 199. The molecule has 18 aromatic carbocycles. The van der Waals surface area contributed by atoms with Gasteiger partial charge in [-0.3, -0.25) is 28.8 Å². The zero-order valence-corrected chi connectivity index (χ0v) is 82.3. The molecule has 0 heterocycles. The Morgan fingerprint density at radius 1 is 0.223 bits per heavy atom. The molecule has 0 amide bonds. The van der Waals surface area contributed by atoms with Crippen LogP contribution in [0.15, 0.2) is 227 Å². The van der Waals surface area contributed by atoms with Crippen LogP contribution in [0.1, 0.15) is 151 Å². The number of phenols is 18. The first-order valence-corrected chi connectivity index (χ1v) is 46.8. The average Bonchev–Trinajstić information content (AvgIpc) is 0.736. The third-order valence-electron chi connectivity index (χ3n) is 26.1. The van der Waals surface area contributed by atoms with E-state index in [9.17, 15) is 147 Å². The molecule has 0 atom stereocenters. The van der Waals surface area contributed by atoms with Crippen LogP contribution < -0.4 is 0 Å². The van der Waals surface area contributed by atoms with Gasteiger partial charge < -0.3 is 91.9 Å². The summed E-state index contributed by atoms with van der Waals surface area (Å²) in [7, 11) is 0. The largest absolute Gasteiger partial charge is 0.507 e. The molecular weight excluding hydrogens is 2050 g/mol. The Hall–Kier alpha value is -17.5. The number of aryl methyl sites for hydroxylation is 8. The fourth-order valence-corrected chi connectivity index (χ4v) is 19.9. The van der Waals surface area contributed by atoms with E-state index in [-0.39, 0.29) is 191 Å². The van der Waals surface area contributed by atoms with Crippen molar-refractivity contribution in [2.75, 3.05) is 0 Å². The second-order valence-electron chi connectivity index (χ2n) is 36.2. The third kappa shape index (κ3) is 19.1. The molecule has 18 N–H and O–H groups in total. The van der Waals surface area contributed by atoms with Gasteiger partial charge in [-0.2, -0.15) is 26.3 Å². The van der Waals surface area contributed by atoms with Gasteiger partial charge in [0.25, 0.3) is 0 Å². The predicted molar refractivity (Wildman–Crippen MR) is 552 cm³/mol. The molecule has 0 aliphatic carbocycles. The Morgan fingerprint density at radius 2 is 0.419 bits per heavy atom. The van der Waals surface area contributed by atoms with E-state index in [0.717, 1.165) is 80.7 Å². The molecule has 18 rings (SSSR count). The van der Waals surface area contributed by atoms with Crippen molar-refractivity contribution in [2.24, 2.45) is 0 Å². The van der Waals surface area contributed by atoms with E-state index in [4.69, 9.17) is 0 Å². The van der Waals surface area contributed by atoms with Gasteiger partial charge in [-0.25, -0.2) is 0 Å². The van der Waals surface area contributed by atoms with Crippen molar-refractivity contribution in [1.29, 1.82) is 0 Å². The Labute approximate surface area is 852 Å². The van der Waals surface area contributed by atoms with Crippen LogP contribution in [0.3, 0.4) is 0 Å². The molecule has 18 aromatic rings. The van der Waals surface area contributed by atoms with Crippen molar-refractivity contribution in [3.63, 3.8) is 0 Å². The SMILES string of the molecule is Cc1cc2c(C(=O)Cc3cccc(Br)c3)c(O)c(O)cc2c(O)c1-c1c(C)cc2c(C(=O)Cc3cccc(Br)c3)c(O)c(O)cc2c1O.Cc1cc2c(C(=O)c3ccc(C(F)(F)F)cc3)c(O)c(O)cc2c(O)c1-c1c(C)cc2c(C(=O)c3ccc(C(F)(F)F)cc3)c(O)c(O)cc2c1O.Cc1ccc(CC(=O)c2c(O)c(O)cc3c(O)c(-c4c(C)cc5c(C(=O)Cc6ccc(C)cc6)c(O)c(O)cc5c4O)c(C)cc23)cc1. The van der Waals surface area contributed by atoms with E-state index in [2.05, 4.69) is 31.9 Å². The number of carbonyl (C=O) groups is 6. The molecule has 0 aromatic heterocycles. The van der Waals surface area contributed by atoms with E-state index >= 15 is 0 Å². The number of hydrogen-bond acceptors (Lipinski definition) is 24.